The molecule has 118 valence electrons. The molecule has 0 saturated carbocycles. The van der Waals surface area contributed by atoms with Crippen LogP contribution in [0, 0.1) is 6.92 Å². The number of piperidine rings is 1. The predicted octanol–water partition coefficient (Wildman–Crippen LogP) is 2.11. The van der Waals surface area contributed by atoms with Gasteiger partial charge in [0, 0.05) is 19.0 Å². The number of ether oxygens (including phenoxy) is 1. The maximum atomic E-state index is 12.8. The van der Waals surface area contributed by atoms with Crippen molar-refractivity contribution in [2.75, 3.05) is 13.7 Å². The molecule has 1 saturated heterocycles. The van der Waals surface area contributed by atoms with Crippen molar-refractivity contribution in [1.82, 2.24) is 14.7 Å². The van der Waals surface area contributed by atoms with Gasteiger partial charge in [-0.05, 0) is 32.3 Å². The second kappa shape index (κ2) is 5.72. The molecular formula is C15H19N3O3S. The largest absolute Gasteiger partial charge is 0.467 e. The van der Waals surface area contributed by atoms with Crippen LogP contribution in [0.3, 0.4) is 0 Å². The molecule has 1 amide bonds. The highest BCUT2D eigenvalue weighted by atomic mass is 32.1. The number of hydrogen-bond donors (Lipinski definition) is 0. The van der Waals surface area contributed by atoms with Crippen LogP contribution in [-0.4, -0.2) is 46.3 Å². The highest BCUT2D eigenvalue weighted by Crippen LogP contribution is 2.30. The lowest BCUT2D eigenvalue weighted by molar-refractivity contribution is -0.147. The van der Waals surface area contributed by atoms with Crippen LogP contribution in [0.25, 0.3) is 10.2 Å². The van der Waals surface area contributed by atoms with Gasteiger partial charge >= 0.3 is 5.97 Å². The molecule has 7 heteroatoms. The number of carbonyl (C=O) groups excluding carboxylic acids is 2. The summed E-state index contributed by atoms with van der Waals surface area (Å²) in [7, 11) is 3.24. The SMILES string of the molecule is COC(=O)[C@H]1CCCCN1C(=O)c1cc2c(C)nn(C)c2s1. The van der Waals surface area contributed by atoms with Crippen LogP contribution < -0.4 is 0 Å². The number of aromatic nitrogens is 2. The van der Waals surface area contributed by atoms with Crippen molar-refractivity contribution in [1.29, 1.82) is 0 Å². The van der Waals surface area contributed by atoms with Crippen LogP contribution in [0.15, 0.2) is 6.07 Å². The summed E-state index contributed by atoms with van der Waals surface area (Å²) in [5, 5.41) is 5.35. The Labute approximate surface area is 132 Å². The Kier molecular flexibility index (Phi) is 3.90. The number of rotatable bonds is 2. The molecule has 3 rings (SSSR count). The van der Waals surface area contributed by atoms with Crippen LogP contribution >= 0.6 is 11.3 Å². The van der Waals surface area contributed by atoms with E-state index in [-0.39, 0.29) is 11.9 Å². The fourth-order valence-electron chi connectivity index (χ4n) is 3.01. The minimum Gasteiger partial charge on any atom is -0.467 e. The second-order valence-corrected chi connectivity index (χ2v) is 6.60. The van der Waals surface area contributed by atoms with E-state index in [0.717, 1.165) is 28.8 Å². The zero-order valence-electron chi connectivity index (χ0n) is 13.0. The van der Waals surface area contributed by atoms with E-state index in [2.05, 4.69) is 5.10 Å². The topological polar surface area (TPSA) is 64.4 Å². The smallest absolute Gasteiger partial charge is 0.328 e. The summed E-state index contributed by atoms with van der Waals surface area (Å²) in [5.41, 5.74) is 0.913. The zero-order chi connectivity index (χ0) is 15.9. The van der Waals surface area contributed by atoms with Crippen molar-refractivity contribution < 1.29 is 14.3 Å². The van der Waals surface area contributed by atoms with Gasteiger partial charge in [-0.1, -0.05) is 0 Å². The summed E-state index contributed by atoms with van der Waals surface area (Å²) in [6.07, 6.45) is 2.54. The molecular weight excluding hydrogens is 302 g/mol. The summed E-state index contributed by atoms with van der Waals surface area (Å²) in [6.45, 7) is 2.53. The number of carbonyl (C=O) groups is 2. The fraction of sp³-hybridized carbons (Fsp3) is 0.533. The molecule has 0 aliphatic carbocycles. The second-order valence-electron chi connectivity index (χ2n) is 5.57. The molecule has 3 heterocycles. The molecule has 22 heavy (non-hydrogen) atoms. The molecule has 0 spiro atoms. The van der Waals surface area contributed by atoms with Gasteiger partial charge in [-0.2, -0.15) is 5.10 Å². The molecule has 1 aliphatic rings. The van der Waals surface area contributed by atoms with Gasteiger partial charge in [0.15, 0.2) is 0 Å². The quantitative estimate of drug-likeness (QED) is 0.795. The summed E-state index contributed by atoms with van der Waals surface area (Å²) in [6, 6.07) is 1.42. The summed E-state index contributed by atoms with van der Waals surface area (Å²) < 4.78 is 6.64. The first-order valence-electron chi connectivity index (χ1n) is 7.35. The predicted molar refractivity (Wildman–Crippen MR) is 84.0 cm³/mol. The highest BCUT2D eigenvalue weighted by molar-refractivity contribution is 7.20. The standard InChI is InChI=1S/C15H19N3O3S/c1-9-10-8-12(22-14(10)17(2)16-9)13(19)18-7-5-4-6-11(18)15(20)21-3/h8,11H,4-7H2,1-3H3/t11-/m1/s1. The third kappa shape index (κ3) is 2.39. The molecule has 0 radical (unpaired) electrons. The first-order valence-corrected chi connectivity index (χ1v) is 8.16. The number of likely N-dealkylation sites (tertiary alicyclic amines) is 1. The Bertz CT molecular complexity index is 699. The van der Waals surface area contributed by atoms with E-state index in [4.69, 9.17) is 4.74 Å². The van der Waals surface area contributed by atoms with Gasteiger partial charge in [0.2, 0.25) is 0 Å². The number of esters is 1. The first kappa shape index (κ1) is 15.0. The first-order chi connectivity index (χ1) is 10.5. The van der Waals surface area contributed by atoms with Crippen LogP contribution in [0.1, 0.15) is 34.6 Å². The molecule has 0 aromatic carbocycles. The maximum absolute atomic E-state index is 12.8. The van der Waals surface area contributed by atoms with Crippen LogP contribution in [0.5, 0.6) is 0 Å². The van der Waals surface area contributed by atoms with Crippen molar-refractivity contribution in [2.24, 2.45) is 7.05 Å². The maximum Gasteiger partial charge on any atom is 0.328 e. The number of hydrogen-bond acceptors (Lipinski definition) is 5. The number of methoxy groups -OCH3 is 1. The Morgan fingerprint density at radius 2 is 2.18 bits per heavy atom. The van der Waals surface area contributed by atoms with E-state index in [1.807, 2.05) is 20.0 Å². The lowest BCUT2D eigenvalue weighted by Crippen LogP contribution is -2.48. The average molecular weight is 321 g/mol. The Morgan fingerprint density at radius 3 is 2.86 bits per heavy atom. The van der Waals surface area contributed by atoms with Crippen LogP contribution in [0.4, 0.5) is 0 Å². The van der Waals surface area contributed by atoms with Gasteiger partial charge < -0.3 is 9.64 Å². The van der Waals surface area contributed by atoms with Gasteiger partial charge in [0.05, 0.1) is 17.7 Å². The van der Waals surface area contributed by atoms with E-state index in [0.29, 0.717) is 17.8 Å². The summed E-state index contributed by atoms with van der Waals surface area (Å²) in [5.74, 6) is -0.414. The van der Waals surface area contributed by atoms with E-state index < -0.39 is 6.04 Å². The molecule has 2 aromatic rings. The Morgan fingerprint density at radius 1 is 1.41 bits per heavy atom. The van der Waals surface area contributed by atoms with E-state index in [1.54, 1.807) is 9.58 Å². The molecule has 1 fully saturated rings. The third-order valence-corrected chi connectivity index (χ3v) is 5.33. The van der Waals surface area contributed by atoms with Crippen LogP contribution in [0.2, 0.25) is 0 Å². The normalized spacial score (nSPS) is 18.7. The Balaban J connectivity index is 1.93. The molecule has 0 bridgehead atoms. The van der Waals surface area contributed by atoms with Gasteiger partial charge in [0.25, 0.3) is 5.91 Å². The molecule has 1 aliphatic heterocycles. The van der Waals surface area contributed by atoms with Crippen molar-refractivity contribution in [3.63, 3.8) is 0 Å². The van der Waals surface area contributed by atoms with Gasteiger partial charge in [0.1, 0.15) is 10.9 Å². The minimum atomic E-state index is -0.462. The molecule has 1 atom stereocenters. The van der Waals surface area contributed by atoms with Crippen molar-refractivity contribution in [3.8, 4) is 0 Å². The van der Waals surface area contributed by atoms with E-state index >= 15 is 0 Å². The summed E-state index contributed by atoms with van der Waals surface area (Å²) in [4.78, 5) is 28.0. The van der Waals surface area contributed by atoms with E-state index in [1.165, 1.54) is 18.4 Å². The van der Waals surface area contributed by atoms with Gasteiger partial charge in [-0.15, -0.1) is 11.3 Å². The number of nitrogens with zero attached hydrogens (tertiary/aromatic N) is 3. The van der Waals surface area contributed by atoms with Crippen molar-refractivity contribution >= 4 is 33.4 Å². The van der Waals surface area contributed by atoms with E-state index in [9.17, 15) is 9.59 Å². The van der Waals surface area contributed by atoms with Gasteiger partial charge in [-0.3, -0.25) is 9.48 Å². The molecule has 0 N–H and O–H groups in total. The molecule has 0 unspecified atom stereocenters. The molecule has 2 aromatic heterocycles. The number of aryl methyl sites for hydroxylation is 2. The monoisotopic (exact) mass is 321 g/mol. The summed E-state index contributed by atoms with van der Waals surface area (Å²) >= 11 is 1.42. The van der Waals surface area contributed by atoms with Gasteiger partial charge in [-0.25, -0.2) is 4.79 Å². The lowest BCUT2D eigenvalue weighted by atomic mass is 10.0. The third-order valence-electron chi connectivity index (χ3n) is 4.14. The zero-order valence-corrected chi connectivity index (χ0v) is 13.8. The minimum absolute atomic E-state index is 0.0873. The number of amides is 1. The van der Waals surface area contributed by atoms with Crippen molar-refractivity contribution in [2.45, 2.75) is 32.2 Å². The lowest BCUT2D eigenvalue weighted by Gasteiger charge is -2.33. The average Bonchev–Trinajstić information content (AvgIpc) is 3.08. The molecule has 6 nitrogen and oxygen atoms in total. The van der Waals surface area contributed by atoms with Crippen LogP contribution in [-0.2, 0) is 16.6 Å². The van der Waals surface area contributed by atoms with Crippen molar-refractivity contribution in [3.05, 3.63) is 16.6 Å². The number of thiophene rings is 1. The fourth-order valence-corrected chi connectivity index (χ4v) is 4.09. The number of fused-ring (bicyclic) bond motifs is 1. The Hall–Kier alpha value is -1.89. The highest BCUT2D eigenvalue weighted by Gasteiger charge is 2.34.